The fourth-order valence-electron chi connectivity index (χ4n) is 3.10. The molecule has 0 aliphatic heterocycles. The average molecular weight is 299 g/mol. The van der Waals surface area contributed by atoms with E-state index in [0.29, 0.717) is 0 Å². The third-order valence-electron chi connectivity index (χ3n) is 4.38. The van der Waals surface area contributed by atoms with E-state index in [9.17, 15) is 5.11 Å². The van der Waals surface area contributed by atoms with E-state index in [2.05, 4.69) is 26.8 Å². The Labute approximate surface area is 126 Å². The molecule has 0 spiro atoms. The van der Waals surface area contributed by atoms with E-state index in [0.717, 1.165) is 6.42 Å². The molecule has 20 heavy (non-hydrogen) atoms. The fraction of sp³-hybridized carbons (Fsp3) is 0.882. The van der Waals surface area contributed by atoms with E-state index in [1.54, 1.807) is 0 Å². The van der Waals surface area contributed by atoms with Gasteiger partial charge in [0.1, 0.15) is 0 Å². The van der Waals surface area contributed by atoms with E-state index < -0.39 is 8.32 Å². The van der Waals surface area contributed by atoms with Crippen LogP contribution in [0.4, 0.5) is 0 Å². The van der Waals surface area contributed by atoms with Crippen LogP contribution in [0.15, 0.2) is 12.2 Å². The predicted molar refractivity (Wildman–Crippen MR) is 89.5 cm³/mol. The molecule has 2 atom stereocenters. The number of unbranched alkanes of at least 4 members (excludes halogenated alkanes) is 3. The van der Waals surface area contributed by atoms with Crippen LogP contribution in [-0.2, 0) is 4.43 Å². The van der Waals surface area contributed by atoms with E-state index in [-0.39, 0.29) is 12.2 Å². The van der Waals surface area contributed by atoms with Gasteiger partial charge in [0.15, 0.2) is 8.32 Å². The average Bonchev–Trinajstić information content (AvgIpc) is 2.85. The minimum absolute atomic E-state index is 0.183. The molecule has 1 N–H and O–H groups in total. The summed E-state index contributed by atoms with van der Waals surface area (Å²) in [6.45, 7) is 6.83. The number of aliphatic hydroxyl groups is 1. The first-order valence-corrected chi connectivity index (χ1v) is 11.2. The Bertz CT molecular complexity index is 256. The van der Waals surface area contributed by atoms with Crippen molar-refractivity contribution in [2.24, 2.45) is 0 Å². The molecule has 0 heterocycles. The molecule has 0 unspecified atom stereocenters. The maximum Gasteiger partial charge on any atom is 0.193 e. The summed E-state index contributed by atoms with van der Waals surface area (Å²) in [6, 6.07) is 3.93. The lowest BCUT2D eigenvalue weighted by molar-refractivity contribution is 0.156. The zero-order valence-electron chi connectivity index (χ0n) is 13.7. The van der Waals surface area contributed by atoms with Crippen LogP contribution in [0.2, 0.25) is 18.1 Å². The lowest BCUT2D eigenvalue weighted by atomic mass is 10.3. The molecule has 1 aliphatic carbocycles. The highest BCUT2D eigenvalue weighted by molar-refractivity contribution is 6.73. The molecule has 0 aromatic heterocycles. The van der Waals surface area contributed by atoms with E-state index in [4.69, 9.17) is 4.43 Å². The molecule has 0 saturated carbocycles. The van der Waals surface area contributed by atoms with E-state index >= 15 is 0 Å². The summed E-state index contributed by atoms with van der Waals surface area (Å²) >= 11 is 0. The Morgan fingerprint density at radius 2 is 1.45 bits per heavy atom. The smallest absolute Gasteiger partial charge is 0.193 e. The van der Waals surface area contributed by atoms with Gasteiger partial charge in [-0.3, -0.25) is 0 Å². The monoisotopic (exact) mass is 298 g/mol. The molecule has 0 fully saturated rings. The minimum Gasteiger partial charge on any atom is -0.410 e. The molecule has 0 aromatic rings. The van der Waals surface area contributed by atoms with Crippen molar-refractivity contribution in [2.75, 3.05) is 0 Å². The molecule has 118 valence electrons. The maximum atomic E-state index is 9.67. The minimum atomic E-state index is -1.62. The molecule has 1 rings (SSSR count). The van der Waals surface area contributed by atoms with Crippen LogP contribution in [0.3, 0.4) is 0 Å². The van der Waals surface area contributed by atoms with Crippen LogP contribution in [0, 0.1) is 0 Å². The van der Waals surface area contributed by atoms with Gasteiger partial charge in [-0.25, -0.2) is 0 Å². The predicted octanol–water partition coefficient (Wildman–Crippen LogP) is 5.04. The summed E-state index contributed by atoms with van der Waals surface area (Å²) in [5.74, 6) is 0. The Hall–Kier alpha value is -0.123. The van der Waals surface area contributed by atoms with Crippen molar-refractivity contribution in [2.45, 2.75) is 96.1 Å². The van der Waals surface area contributed by atoms with Crippen LogP contribution < -0.4 is 0 Å². The Kier molecular flexibility index (Phi) is 8.74. The van der Waals surface area contributed by atoms with Gasteiger partial charge in [0.2, 0.25) is 0 Å². The highest BCUT2D eigenvalue weighted by Crippen LogP contribution is 2.32. The second kappa shape index (κ2) is 9.75. The first-order chi connectivity index (χ1) is 9.65. The molecular formula is C17H34O2Si. The number of hydrogen-bond acceptors (Lipinski definition) is 2. The normalized spacial score (nSPS) is 22.6. The third kappa shape index (κ3) is 6.11. The molecule has 0 aromatic carbocycles. The first-order valence-electron chi connectivity index (χ1n) is 8.70. The first kappa shape index (κ1) is 17.9. The van der Waals surface area contributed by atoms with Crippen molar-refractivity contribution < 1.29 is 9.53 Å². The summed E-state index contributed by atoms with van der Waals surface area (Å²) < 4.78 is 6.67. The highest BCUT2D eigenvalue weighted by Gasteiger charge is 2.36. The van der Waals surface area contributed by atoms with Gasteiger partial charge in [-0.15, -0.1) is 0 Å². The topological polar surface area (TPSA) is 29.5 Å². The van der Waals surface area contributed by atoms with Crippen molar-refractivity contribution in [3.63, 3.8) is 0 Å². The van der Waals surface area contributed by atoms with Crippen molar-refractivity contribution >= 4 is 8.32 Å². The SMILES string of the molecule is CCCC[Si](CCCC)(CCCC)O[C@H]1C=C[C@@H](O)C1. The Morgan fingerprint density at radius 3 is 1.80 bits per heavy atom. The zero-order chi connectivity index (χ0) is 14.8. The zero-order valence-corrected chi connectivity index (χ0v) is 14.7. The summed E-state index contributed by atoms with van der Waals surface area (Å²) in [6.07, 6.45) is 12.4. The molecule has 0 bridgehead atoms. The standard InChI is InChI=1S/C17H34O2Si/c1-4-7-12-20(13-8-5-2,14-9-6-3)19-17-11-10-16(18)15-17/h10-11,16-18H,4-9,12-15H2,1-3H3/t16-,17+/m1/s1. The molecule has 0 saturated heterocycles. The van der Waals surface area contributed by atoms with Gasteiger partial charge in [-0.1, -0.05) is 71.4 Å². The Morgan fingerprint density at radius 1 is 0.950 bits per heavy atom. The summed E-state index contributed by atoms with van der Waals surface area (Å²) in [4.78, 5) is 0. The van der Waals surface area contributed by atoms with Crippen LogP contribution in [0.5, 0.6) is 0 Å². The van der Waals surface area contributed by atoms with Gasteiger partial charge < -0.3 is 9.53 Å². The molecular weight excluding hydrogens is 264 g/mol. The summed E-state index contributed by atoms with van der Waals surface area (Å²) in [5, 5.41) is 9.67. The number of hydrogen-bond donors (Lipinski definition) is 1. The van der Waals surface area contributed by atoms with Gasteiger partial charge in [-0.2, -0.15) is 0 Å². The van der Waals surface area contributed by atoms with Gasteiger partial charge >= 0.3 is 0 Å². The summed E-state index contributed by atoms with van der Waals surface area (Å²) in [7, 11) is -1.62. The highest BCUT2D eigenvalue weighted by atomic mass is 28.4. The van der Waals surface area contributed by atoms with Gasteiger partial charge in [0.05, 0.1) is 12.2 Å². The molecule has 1 aliphatic rings. The number of rotatable bonds is 11. The maximum absolute atomic E-state index is 9.67. The van der Waals surface area contributed by atoms with E-state index in [1.807, 2.05) is 6.08 Å². The molecule has 0 radical (unpaired) electrons. The van der Waals surface area contributed by atoms with Gasteiger partial charge in [-0.05, 0) is 18.1 Å². The second-order valence-corrected chi connectivity index (χ2v) is 10.4. The quantitative estimate of drug-likeness (QED) is 0.428. The molecule has 3 heteroatoms. The number of aliphatic hydroxyl groups excluding tert-OH is 1. The lowest BCUT2D eigenvalue weighted by Crippen LogP contribution is -2.41. The molecule has 2 nitrogen and oxygen atoms in total. The van der Waals surface area contributed by atoms with Gasteiger partial charge in [0.25, 0.3) is 0 Å². The van der Waals surface area contributed by atoms with Crippen LogP contribution >= 0.6 is 0 Å². The van der Waals surface area contributed by atoms with Crippen LogP contribution in [0.25, 0.3) is 0 Å². The Balaban J connectivity index is 2.68. The fourth-order valence-corrected chi connectivity index (χ4v) is 8.02. The van der Waals surface area contributed by atoms with Crippen molar-refractivity contribution in [1.82, 2.24) is 0 Å². The summed E-state index contributed by atoms with van der Waals surface area (Å²) in [5.41, 5.74) is 0. The van der Waals surface area contributed by atoms with Gasteiger partial charge in [0, 0.05) is 6.42 Å². The van der Waals surface area contributed by atoms with Crippen LogP contribution in [0.1, 0.15) is 65.7 Å². The third-order valence-corrected chi connectivity index (χ3v) is 8.98. The lowest BCUT2D eigenvalue weighted by Gasteiger charge is -2.34. The van der Waals surface area contributed by atoms with E-state index in [1.165, 1.54) is 56.7 Å². The van der Waals surface area contributed by atoms with Crippen molar-refractivity contribution in [1.29, 1.82) is 0 Å². The van der Waals surface area contributed by atoms with Crippen molar-refractivity contribution in [3.8, 4) is 0 Å². The molecule has 0 amide bonds. The van der Waals surface area contributed by atoms with Crippen molar-refractivity contribution in [3.05, 3.63) is 12.2 Å². The van der Waals surface area contributed by atoms with Crippen LogP contribution in [-0.4, -0.2) is 25.6 Å². The second-order valence-electron chi connectivity index (χ2n) is 6.34. The largest absolute Gasteiger partial charge is 0.410 e.